The zero-order valence-electron chi connectivity index (χ0n) is 20.2. The summed E-state index contributed by atoms with van der Waals surface area (Å²) in [6, 6.07) is 13.9. The molecule has 0 spiro atoms. The van der Waals surface area contributed by atoms with Gasteiger partial charge in [-0.1, -0.05) is 36.9 Å². The number of allylic oxidation sites excluding steroid dienone is 1. The van der Waals surface area contributed by atoms with Crippen LogP contribution in [0.1, 0.15) is 47.9 Å². The summed E-state index contributed by atoms with van der Waals surface area (Å²) in [4.78, 5) is 0. The normalized spacial score (nSPS) is 11.0. The van der Waals surface area contributed by atoms with Crippen LogP contribution in [0.5, 0.6) is 5.75 Å². The van der Waals surface area contributed by atoms with Crippen LogP contribution in [0.3, 0.4) is 0 Å². The number of hydrogen-bond acceptors (Lipinski definition) is 4. The van der Waals surface area contributed by atoms with Crippen molar-refractivity contribution in [2.45, 2.75) is 38.5 Å². The number of unbranched alkanes of at least 4 members (excludes halogenated alkanes) is 2. The van der Waals surface area contributed by atoms with Crippen LogP contribution in [0, 0.1) is 34.6 Å². The maximum atomic E-state index is 14.6. The van der Waals surface area contributed by atoms with Crippen LogP contribution in [-0.4, -0.2) is 0 Å². The van der Waals surface area contributed by atoms with Gasteiger partial charge in [-0.25, -0.2) is 17.6 Å². The number of aryl methyl sites for hydroxylation is 1. The maximum absolute atomic E-state index is 14.6. The van der Waals surface area contributed by atoms with Gasteiger partial charge in [0.25, 0.3) is 0 Å². The van der Waals surface area contributed by atoms with Crippen molar-refractivity contribution in [1.82, 2.24) is 0 Å². The summed E-state index contributed by atoms with van der Waals surface area (Å²) in [5.41, 5.74) is 13.1. The Morgan fingerprint density at radius 3 is 2.22 bits per heavy atom. The molecule has 0 fully saturated rings. The highest BCUT2D eigenvalue weighted by molar-refractivity contribution is 5.62. The zero-order chi connectivity index (χ0) is 26.9. The minimum atomic E-state index is -1.57. The average Bonchev–Trinajstić information content (AvgIpc) is 2.87. The third-order valence-electron chi connectivity index (χ3n) is 5.78. The van der Waals surface area contributed by atoms with E-state index < -0.39 is 40.2 Å². The van der Waals surface area contributed by atoms with Gasteiger partial charge in [-0.15, -0.1) is 0 Å². The number of hydrogen-bond donors (Lipinski definition) is 2. The highest BCUT2D eigenvalue weighted by Crippen LogP contribution is 2.31. The molecule has 3 rings (SSSR count). The summed E-state index contributed by atoms with van der Waals surface area (Å²) < 4.78 is 63.7. The molecular formula is C29H27F4N3O. The van der Waals surface area contributed by atoms with Gasteiger partial charge in [0.2, 0.25) is 0 Å². The van der Waals surface area contributed by atoms with Gasteiger partial charge in [0.15, 0.2) is 23.3 Å². The summed E-state index contributed by atoms with van der Waals surface area (Å²) in [5.74, 6) is -6.49. The molecule has 0 amide bonds. The Labute approximate surface area is 213 Å². The Bertz CT molecular complexity index is 1320. The summed E-state index contributed by atoms with van der Waals surface area (Å²) in [6.45, 7) is 3.46. The minimum Gasteiger partial charge on any atom is -0.457 e. The molecule has 0 radical (unpaired) electrons. The second-order valence-electron chi connectivity index (χ2n) is 8.47. The lowest BCUT2D eigenvalue weighted by molar-refractivity contribution is 0.421. The molecule has 0 heterocycles. The standard InChI is InChI=1S/C29H27F4N3O/c1-18(25-28(32)26(30)23(27(31)29(25)33)9-3-2-6-16-34)37-22-14-10-19(11-15-22)7-4-5-8-20-12-13-21(35)17-24(20)36/h4,7,10-15,17H,1-3,5-6,8-9,35-36H2/b7-4+. The minimum absolute atomic E-state index is 0.185. The molecule has 4 nitrogen and oxygen atoms in total. The molecule has 37 heavy (non-hydrogen) atoms. The van der Waals surface area contributed by atoms with Crippen LogP contribution >= 0.6 is 0 Å². The highest BCUT2D eigenvalue weighted by atomic mass is 19.2. The molecule has 192 valence electrons. The smallest absolute Gasteiger partial charge is 0.173 e. The molecule has 3 aromatic carbocycles. The lowest BCUT2D eigenvalue weighted by Gasteiger charge is -2.14. The molecular weight excluding hydrogens is 482 g/mol. The van der Waals surface area contributed by atoms with Gasteiger partial charge in [0.05, 0.1) is 11.6 Å². The number of anilines is 2. The number of nitrogens with zero attached hydrogens (tertiary/aromatic N) is 1. The molecule has 0 saturated carbocycles. The molecule has 0 unspecified atom stereocenters. The predicted molar refractivity (Wildman–Crippen MR) is 138 cm³/mol. The topological polar surface area (TPSA) is 85.1 Å². The lowest BCUT2D eigenvalue weighted by atomic mass is 10.0. The van der Waals surface area contributed by atoms with E-state index in [1.54, 1.807) is 36.4 Å². The number of rotatable bonds is 11. The van der Waals surface area contributed by atoms with E-state index in [0.717, 1.165) is 24.0 Å². The van der Waals surface area contributed by atoms with E-state index in [-0.39, 0.29) is 25.0 Å². The van der Waals surface area contributed by atoms with E-state index in [0.29, 0.717) is 17.8 Å². The van der Waals surface area contributed by atoms with E-state index in [4.69, 9.17) is 21.5 Å². The van der Waals surface area contributed by atoms with Crippen molar-refractivity contribution >= 4 is 23.2 Å². The van der Waals surface area contributed by atoms with Crippen molar-refractivity contribution in [3.8, 4) is 11.8 Å². The Balaban J connectivity index is 1.64. The van der Waals surface area contributed by atoms with Gasteiger partial charge in [-0.3, -0.25) is 0 Å². The summed E-state index contributed by atoms with van der Waals surface area (Å²) >= 11 is 0. The van der Waals surface area contributed by atoms with Gasteiger partial charge in [-0.05, 0) is 67.5 Å². The molecule has 3 aromatic rings. The lowest BCUT2D eigenvalue weighted by Crippen LogP contribution is -2.10. The molecule has 0 aliphatic rings. The van der Waals surface area contributed by atoms with E-state index in [9.17, 15) is 17.6 Å². The first-order valence-corrected chi connectivity index (χ1v) is 11.7. The summed E-state index contributed by atoms with van der Waals surface area (Å²) in [6.07, 6.45) is 5.88. The SMILES string of the molecule is C=C(Oc1ccc(/C=C/CCc2ccc(N)cc2N)cc1)c1c(F)c(F)c(CCCCC#N)c(F)c1F. The number of nitrogen functional groups attached to an aromatic ring is 2. The molecule has 0 saturated heterocycles. The van der Waals surface area contributed by atoms with E-state index in [2.05, 4.69) is 6.58 Å². The van der Waals surface area contributed by atoms with Crippen LogP contribution in [0.25, 0.3) is 11.8 Å². The predicted octanol–water partition coefficient (Wildman–Crippen LogP) is 7.34. The monoisotopic (exact) mass is 509 g/mol. The van der Waals surface area contributed by atoms with Gasteiger partial charge < -0.3 is 16.2 Å². The number of nitriles is 1. The Morgan fingerprint density at radius 1 is 0.919 bits per heavy atom. The van der Waals surface area contributed by atoms with Crippen molar-refractivity contribution in [2.75, 3.05) is 11.5 Å². The largest absolute Gasteiger partial charge is 0.457 e. The fraction of sp³-hybridized carbons (Fsp3) is 0.207. The zero-order valence-corrected chi connectivity index (χ0v) is 20.2. The second kappa shape index (κ2) is 12.6. The van der Waals surface area contributed by atoms with E-state index in [1.165, 1.54) is 0 Å². The number of benzene rings is 3. The maximum Gasteiger partial charge on any atom is 0.173 e. The molecule has 0 aliphatic carbocycles. The number of halogens is 4. The first kappa shape index (κ1) is 27.3. The molecule has 0 atom stereocenters. The van der Waals surface area contributed by atoms with Gasteiger partial charge >= 0.3 is 0 Å². The first-order chi connectivity index (χ1) is 17.7. The third-order valence-corrected chi connectivity index (χ3v) is 5.78. The van der Waals surface area contributed by atoms with Crippen molar-refractivity contribution in [1.29, 1.82) is 5.26 Å². The number of ether oxygens (including phenoxy) is 1. The fourth-order valence-corrected chi connectivity index (χ4v) is 3.79. The van der Waals surface area contributed by atoms with Crippen molar-refractivity contribution in [3.05, 3.63) is 101 Å². The molecule has 4 N–H and O–H groups in total. The summed E-state index contributed by atoms with van der Waals surface area (Å²) in [7, 11) is 0. The Kier molecular flexibility index (Phi) is 9.33. The first-order valence-electron chi connectivity index (χ1n) is 11.7. The summed E-state index contributed by atoms with van der Waals surface area (Å²) in [5, 5.41) is 8.55. The quantitative estimate of drug-likeness (QED) is 0.0931. The Morgan fingerprint density at radius 2 is 1.59 bits per heavy atom. The van der Waals surface area contributed by atoms with Crippen LogP contribution in [0.2, 0.25) is 0 Å². The Hall–Kier alpha value is -4.25. The van der Waals surface area contributed by atoms with Gasteiger partial charge in [-0.2, -0.15) is 5.26 Å². The van der Waals surface area contributed by atoms with Crippen LogP contribution in [0.4, 0.5) is 28.9 Å². The van der Waals surface area contributed by atoms with Gasteiger partial charge in [0, 0.05) is 23.4 Å². The third kappa shape index (κ3) is 6.91. The molecule has 0 aromatic heterocycles. The fourth-order valence-electron chi connectivity index (χ4n) is 3.79. The van der Waals surface area contributed by atoms with Crippen molar-refractivity contribution in [2.24, 2.45) is 0 Å². The van der Waals surface area contributed by atoms with Crippen molar-refractivity contribution < 1.29 is 22.3 Å². The molecule has 0 bridgehead atoms. The number of nitrogens with two attached hydrogens (primary N) is 2. The van der Waals surface area contributed by atoms with Crippen molar-refractivity contribution in [3.63, 3.8) is 0 Å². The highest BCUT2D eigenvalue weighted by Gasteiger charge is 2.27. The second-order valence-corrected chi connectivity index (χ2v) is 8.47. The molecule has 8 heteroatoms. The van der Waals surface area contributed by atoms with Crippen LogP contribution < -0.4 is 16.2 Å². The van der Waals surface area contributed by atoms with E-state index in [1.807, 2.05) is 24.3 Å². The van der Waals surface area contributed by atoms with Gasteiger partial charge in [0.1, 0.15) is 11.5 Å². The average molecular weight is 510 g/mol. The van der Waals surface area contributed by atoms with Crippen LogP contribution in [-0.2, 0) is 12.8 Å². The molecule has 0 aliphatic heterocycles. The van der Waals surface area contributed by atoms with E-state index >= 15 is 0 Å². The van der Waals surface area contributed by atoms with Crippen LogP contribution in [0.15, 0.2) is 55.1 Å².